The van der Waals surface area contributed by atoms with Gasteiger partial charge in [-0.25, -0.2) is 4.98 Å². The number of carbonyl (C=O) groups excluding carboxylic acids is 1. The Bertz CT molecular complexity index is 1330. The SMILES string of the molecule is CC(=O)NCc1cccc(-c2ccc([C@H]3O[C@@H](CSc4ncn[nH]4)C[C@@H](c4ccc(CO)cc4)O3)cc2)c1. The summed E-state index contributed by atoms with van der Waals surface area (Å²) in [6.07, 6.45) is 1.48. The van der Waals surface area contributed by atoms with E-state index in [-0.39, 0.29) is 24.7 Å². The summed E-state index contributed by atoms with van der Waals surface area (Å²) in [6.45, 7) is 2.03. The highest BCUT2D eigenvalue weighted by Crippen LogP contribution is 2.39. The van der Waals surface area contributed by atoms with E-state index in [0.29, 0.717) is 18.7 Å². The van der Waals surface area contributed by atoms with Crippen LogP contribution in [0.5, 0.6) is 0 Å². The molecule has 9 heteroatoms. The zero-order valence-electron chi connectivity index (χ0n) is 21.0. The summed E-state index contributed by atoms with van der Waals surface area (Å²) in [5, 5.41) is 19.8. The largest absolute Gasteiger partial charge is 0.392 e. The number of thioether (sulfide) groups is 1. The Balaban J connectivity index is 1.33. The van der Waals surface area contributed by atoms with Gasteiger partial charge in [0.05, 0.1) is 18.8 Å². The van der Waals surface area contributed by atoms with Gasteiger partial charge in [-0.2, -0.15) is 5.10 Å². The van der Waals surface area contributed by atoms with E-state index in [1.807, 2.05) is 48.5 Å². The van der Waals surface area contributed by atoms with Gasteiger partial charge in [-0.05, 0) is 33.9 Å². The lowest BCUT2D eigenvalue weighted by Gasteiger charge is -2.36. The summed E-state index contributed by atoms with van der Waals surface area (Å²) in [4.78, 5) is 15.5. The number of H-pyrrole nitrogens is 1. The minimum Gasteiger partial charge on any atom is -0.392 e. The quantitative estimate of drug-likeness (QED) is 0.263. The molecule has 2 heterocycles. The number of hydrogen-bond acceptors (Lipinski definition) is 7. The van der Waals surface area contributed by atoms with Crippen molar-refractivity contribution in [1.29, 1.82) is 0 Å². The first-order valence-corrected chi connectivity index (χ1v) is 13.5. The molecule has 8 nitrogen and oxygen atoms in total. The van der Waals surface area contributed by atoms with Gasteiger partial charge < -0.3 is 19.9 Å². The number of nitrogens with zero attached hydrogens (tertiary/aromatic N) is 2. The molecule has 1 saturated heterocycles. The third-order valence-corrected chi connectivity index (χ3v) is 7.41. The summed E-state index contributed by atoms with van der Waals surface area (Å²) in [6, 6.07) is 24.2. The second kappa shape index (κ2) is 12.4. The number of carbonyl (C=O) groups is 1. The molecule has 3 atom stereocenters. The molecular weight excluding hydrogens is 500 g/mol. The van der Waals surface area contributed by atoms with Crippen molar-refractivity contribution >= 4 is 17.7 Å². The van der Waals surface area contributed by atoms with Crippen molar-refractivity contribution in [2.45, 2.75) is 50.2 Å². The maximum absolute atomic E-state index is 11.3. The first kappa shape index (κ1) is 26.1. The number of aliphatic hydroxyl groups is 1. The van der Waals surface area contributed by atoms with Gasteiger partial charge in [0.25, 0.3) is 0 Å². The second-order valence-electron chi connectivity index (χ2n) is 9.18. The van der Waals surface area contributed by atoms with Crippen LogP contribution in [-0.4, -0.2) is 38.1 Å². The molecule has 3 N–H and O–H groups in total. The molecule has 196 valence electrons. The minimum absolute atomic E-state index is 0.0104. The number of aromatic nitrogens is 3. The molecule has 1 fully saturated rings. The third kappa shape index (κ3) is 6.68. The lowest BCUT2D eigenvalue weighted by Crippen LogP contribution is -2.31. The molecule has 1 amide bonds. The molecule has 1 aliphatic heterocycles. The van der Waals surface area contributed by atoms with Gasteiger partial charge in [-0.3, -0.25) is 9.89 Å². The number of amides is 1. The van der Waals surface area contributed by atoms with Crippen molar-refractivity contribution in [1.82, 2.24) is 20.5 Å². The van der Waals surface area contributed by atoms with E-state index in [1.54, 1.807) is 11.8 Å². The van der Waals surface area contributed by atoms with Crippen LogP contribution in [0.3, 0.4) is 0 Å². The van der Waals surface area contributed by atoms with Crippen LogP contribution in [-0.2, 0) is 27.4 Å². The first-order valence-electron chi connectivity index (χ1n) is 12.5. The topological polar surface area (TPSA) is 109 Å². The lowest BCUT2D eigenvalue weighted by atomic mass is 9.99. The molecule has 1 aliphatic rings. The van der Waals surface area contributed by atoms with Crippen molar-refractivity contribution in [3.63, 3.8) is 0 Å². The maximum Gasteiger partial charge on any atom is 0.217 e. The van der Waals surface area contributed by atoms with Gasteiger partial charge in [0, 0.05) is 31.2 Å². The van der Waals surface area contributed by atoms with Gasteiger partial charge in [-0.15, -0.1) is 0 Å². The zero-order chi connectivity index (χ0) is 26.3. The van der Waals surface area contributed by atoms with Crippen molar-refractivity contribution < 1.29 is 19.4 Å². The number of ether oxygens (including phenoxy) is 2. The van der Waals surface area contributed by atoms with Gasteiger partial charge >= 0.3 is 0 Å². The van der Waals surface area contributed by atoms with Gasteiger partial charge in [0.1, 0.15) is 6.33 Å². The molecule has 0 unspecified atom stereocenters. The number of hydrogen-bond donors (Lipinski definition) is 3. The molecule has 38 heavy (non-hydrogen) atoms. The standard InChI is InChI=1S/C29H30N4O4S/c1-19(35)30-15-21-3-2-4-25(13-21)22-9-11-24(12-10-22)28-36-26(17-38-29-31-18-32-33-29)14-27(37-28)23-7-5-20(16-34)6-8-23/h2-13,18,26-28,34H,14-17H2,1H3,(H,30,35)(H,31,32,33)/t26-,27+,28+/m1/s1. The van der Waals surface area contributed by atoms with Crippen molar-refractivity contribution in [3.8, 4) is 11.1 Å². The fraction of sp³-hybridized carbons (Fsp3) is 0.276. The minimum atomic E-state index is -0.522. The highest BCUT2D eigenvalue weighted by Gasteiger charge is 2.32. The molecule has 0 aliphatic carbocycles. The number of benzene rings is 3. The Labute approximate surface area is 225 Å². The number of rotatable bonds is 9. The highest BCUT2D eigenvalue weighted by atomic mass is 32.2. The number of aromatic amines is 1. The van der Waals surface area contributed by atoms with E-state index in [0.717, 1.165) is 38.5 Å². The van der Waals surface area contributed by atoms with E-state index >= 15 is 0 Å². The Kier molecular flexibility index (Phi) is 8.50. The summed E-state index contributed by atoms with van der Waals surface area (Å²) < 4.78 is 12.8. The summed E-state index contributed by atoms with van der Waals surface area (Å²) >= 11 is 1.57. The molecular formula is C29H30N4O4S. The Morgan fingerprint density at radius 2 is 1.82 bits per heavy atom. The normalized spacial score (nSPS) is 19.3. The number of aliphatic hydroxyl groups excluding tert-OH is 1. The highest BCUT2D eigenvalue weighted by molar-refractivity contribution is 7.99. The predicted molar refractivity (Wildman–Crippen MR) is 145 cm³/mol. The molecule has 3 aromatic carbocycles. The van der Waals surface area contributed by atoms with Crippen LogP contribution < -0.4 is 5.32 Å². The lowest BCUT2D eigenvalue weighted by molar-refractivity contribution is -0.245. The van der Waals surface area contributed by atoms with Gasteiger partial charge in [0.15, 0.2) is 11.4 Å². The molecule has 0 saturated carbocycles. The van der Waals surface area contributed by atoms with E-state index in [1.165, 1.54) is 13.3 Å². The molecule has 0 spiro atoms. The summed E-state index contributed by atoms with van der Waals surface area (Å²) in [5.74, 6) is 0.659. The fourth-order valence-corrected chi connectivity index (χ4v) is 5.18. The van der Waals surface area contributed by atoms with Crippen LogP contribution in [0.4, 0.5) is 0 Å². The Hall–Kier alpha value is -3.50. The maximum atomic E-state index is 11.3. The van der Waals surface area contributed by atoms with Crippen LogP contribution in [0.2, 0.25) is 0 Å². The molecule has 1 aromatic heterocycles. The summed E-state index contributed by atoms with van der Waals surface area (Å²) in [7, 11) is 0. The van der Waals surface area contributed by atoms with Crippen molar-refractivity contribution in [3.05, 3.63) is 101 Å². The smallest absolute Gasteiger partial charge is 0.217 e. The van der Waals surface area contributed by atoms with E-state index in [4.69, 9.17) is 9.47 Å². The average Bonchev–Trinajstić information content (AvgIpc) is 3.49. The van der Waals surface area contributed by atoms with Gasteiger partial charge in [0.2, 0.25) is 5.91 Å². The number of nitrogens with one attached hydrogen (secondary N) is 2. The van der Waals surface area contributed by atoms with Crippen LogP contribution >= 0.6 is 11.8 Å². The van der Waals surface area contributed by atoms with E-state index in [2.05, 4.69) is 44.8 Å². The van der Waals surface area contributed by atoms with Crippen molar-refractivity contribution in [2.24, 2.45) is 0 Å². The van der Waals surface area contributed by atoms with Crippen LogP contribution in [0, 0.1) is 0 Å². The van der Waals surface area contributed by atoms with Crippen LogP contribution in [0.1, 0.15) is 48.0 Å². The monoisotopic (exact) mass is 530 g/mol. The van der Waals surface area contributed by atoms with Crippen LogP contribution in [0.15, 0.2) is 84.3 Å². The molecule has 4 aromatic rings. The molecule has 0 bridgehead atoms. The third-order valence-electron chi connectivity index (χ3n) is 6.40. The molecule has 5 rings (SSSR count). The second-order valence-corrected chi connectivity index (χ2v) is 10.2. The predicted octanol–water partition coefficient (Wildman–Crippen LogP) is 4.94. The first-order chi connectivity index (χ1) is 18.6. The van der Waals surface area contributed by atoms with Crippen LogP contribution in [0.25, 0.3) is 11.1 Å². The summed E-state index contributed by atoms with van der Waals surface area (Å²) in [5.41, 5.74) is 6.05. The Morgan fingerprint density at radius 3 is 2.53 bits per heavy atom. The fourth-order valence-electron chi connectivity index (χ4n) is 4.38. The van der Waals surface area contributed by atoms with Gasteiger partial charge in [-0.1, -0.05) is 78.5 Å². The van der Waals surface area contributed by atoms with Crippen molar-refractivity contribution in [2.75, 3.05) is 5.75 Å². The van der Waals surface area contributed by atoms with E-state index < -0.39 is 6.29 Å². The zero-order valence-corrected chi connectivity index (χ0v) is 21.9. The Morgan fingerprint density at radius 1 is 1.03 bits per heavy atom. The molecule has 0 radical (unpaired) electrons. The van der Waals surface area contributed by atoms with E-state index in [9.17, 15) is 9.90 Å². The average molecular weight is 531 g/mol.